The van der Waals surface area contributed by atoms with Gasteiger partial charge >= 0.3 is 6.09 Å². The van der Waals surface area contributed by atoms with Gasteiger partial charge in [-0.15, -0.1) is 0 Å². The molecule has 1 aromatic carbocycles. The molecule has 0 saturated carbocycles. The minimum Gasteiger partial charge on any atom is -0.451 e. The van der Waals surface area contributed by atoms with Gasteiger partial charge in [-0.05, 0) is 30.2 Å². The molecule has 2 aromatic rings. The van der Waals surface area contributed by atoms with E-state index in [2.05, 4.69) is 15.6 Å². The number of carbonyl (C=O) groups is 4. The number of rotatable bonds is 10. The van der Waals surface area contributed by atoms with E-state index in [9.17, 15) is 19.2 Å². The van der Waals surface area contributed by atoms with E-state index in [0.29, 0.717) is 19.4 Å². The van der Waals surface area contributed by atoms with Crippen LogP contribution >= 0.6 is 0 Å². The summed E-state index contributed by atoms with van der Waals surface area (Å²) in [6, 6.07) is 6.82. The molecule has 1 aliphatic heterocycles. The Kier molecular flexibility index (Phi) is 9.21. The highest BCUT2D eigenvalue weighted by Gasteiger charge is 2.40. The van der Waals surface area contributed by atoms with Gasteiger partial charge in [0.25, 0.3) is 0 Å². The maximum absolute atomic E-state index is 13.4. The first-order valence-corrected chi connectivity index (χ1v) is 12.2. The van der Waals surface area contributed by atoms with E-state index >= 15 is 0 Å². The minimum absolute atomic E-state index is 0.0799. The van der Waals surface area contributed by atoms with E-state index in [0.717, 1.165) is 12.0 Å². The molecule has 2 heterocycles. The Morgan fingerprint density at radius 3 is 2.36 bits per heavy atom. The van der Waals surface area contributed by atoms with Gasteiger partial charge < -0.3 is 24.7 Å². The number of nitrogens with zero attached hydrogens (tertiary/aromatic N) is 2. The molecule has 0 unspecified atom stereocenters. The molecule has 0 radical (unpaired) electrons. The van der Waals surface area contributed by atoms with Gasteiger partial charge in [0, 0.05) is 6.54 Å². The average molecular weight is 499 g/mol. The number of Topliss-reactive ketones (excluding diaryl/α,β-unsaturated/α-hetero) is 1. The van der Waals surface area contributed by atoms with Crippen molar-refractivity contribution in [1.29, 1.82) is 0 Å². The second-order valence-electron chi connectivity index (χ2n) is 9.59. The summed E-state index contributed by atoms with van der Waals surface area (Å²) in [5.41, 5.74) is 0.961. The minimum atomic E-state index is -0.862. The van der Waals surface area contributed by atoms with Crippen molar-refractivity contribution in [2.24, 2.45) is 11.8 Å². The Morgan fingerprint density at radius 2 is 1.75 bits per heavy atom. The monoisotopic (exact) mass is 498 g/mol. The van der Waals surface area contributed by atoms with E-state index < -0.39 is 30.1 Å². The van der Waals surface area contributed by atoms with Crippen molar-refractivity contribution in [3.8, 4) is 0 Å². The number of ketones is 1. The van der Waals surface area contributed by atoms with Gasteiger partial charge in [0.1, 0.15) is 30.6 Å². The van der Waals surface area contributed by atoms with Gasteiger partial charge in [0.05, 0.1) is 6.04 Å². The first kappa shape index (κ1) is 26.9. The largest absolute Gasteiger partial charge is 0.451 e. The number of aromatic nitrogens is 1. The Bertz CT molecular complexity index is 1040. The number of oxazole rings is 1. The van der Waals surface area contributed by atoms with Crippen LogP contribution in [-0.2, 0) is 20.9 Å². The number of nitrogens with one attached hydrogen (secondary N) is 2. The van der Waals surface area contributed by atoms with Crippen LogP contribution < -0.4 is 10.6 Å². The first-order chi connectivity index (χ1) is 17.2. The summed E-state index contributed by atoms with van der Waals surface area (Å²) >= 11 is 0. The Hall–Kier alpha value is -3.69. The van der Waals surface area contributed by atoms with E-state index in [1.54, 1.807) is 0 Å². The summed E-state index contributed by atoms with van der Waals surface area (Å²) in [5, 5.41) is 5.46. The van der Waals surface area contributed by atoms with Crippen molar-refractivity contribution in [2.45, 2.75) is 65.3 Å². The molecule has 1 aliphatic rings. The second kappa shape index (κ2) is 12.3. The molecule has 2 N–H and O–H groups in total. The Labute approximate surface area is 210 Å². The molecular formula is C26H34N4O6. The number of ether oxygens (including phenoxy) is 1. The van der Waals surface area contributed by atoms with Crippen molar-refractivity contribution in [3.05, 3.63) is 54.2 Å². The van der Waals surface area contributed by atoms with Gasteiger partial charge in [-0.2, -0.15) is 0 Å². The number of carbonyl (C=O) groups excluding carboxylic acids is 4. The molecule has 0 spiro atoms. The van der Waals surface area contributed by atoms with Crippen molar-refractivity contribution < 1.29 is 28.3 Å². The molecule has 0 aliphatic carbocycles. The van der Waals surface area contributed by atoms with Crippen molar-refractivity contribution in [3.63, 3.8) is 0 Å². The first-order valence-electron chi connectivity index (χ1n) is 12.2. The summed E-state index contributed by atoms with van der Waals surface area (Å²) in [7, 11) is 0. The van der Waals surface area contributed by atoms with Crippen LogP contribution in [0, 0.1) is 11.8 Å². The molecule has 3 rings (SSSR count). The van der Waals surface area contributed by atoms with E-state index in [-0.39, 0.29) is 35.8 Å². The lowest BCUT2D eigenvalue weighted by Crippen LogP contribution is -2.57. The molecule has 36 heavy (non-hydrogen) atoms. The lowest BCUT2D eigenvalue weighted by Gasteiger charge is -2.31. The van der Waals surface area contributed by atoms with Crippen LogP contribution in [0.15, 0.2) is 47.4 Å². The second-order valence-corrected chi connectivity index (χ2v) is 9.59. The molecule has 1 fully saturated rings. The molecule has 10 nitrogen and oxygen atoms in total. The molecular weight excluding hydrogens is 464 g/mol. The van der Waals surface area contributed by atoms with Gasteiger partial charge in [-0.25, -0.2) is 9.78 Å². The Morgan fingerprint density at radius 1 is 1.06 bits per heavy atom. The third-order valence-corrected chi connectivity index (χ3v) is 6.19. The highest BCUT2D eigenvalue weighted by molar-refractivity contribution is 6.01. The van der Waals surface area contributed by atoms with Crippen LogP contribution in [-0.4, -0.2) is 58.2 Å². The molecule has 3 atom stereocenters. The molecule has 3 amide bonds. The fourth-order valence-corrected chi connectivity index (χ4v) is 4.16. The fourth-order valence-electron chi connectivity index (χ4n) is 4.16. The van der Waals surface area contributed by atoms with Crippen LogP contribution in [0.2, 0.25) is 0 Å². The molecule has 10 heteroatoms. The van der Waals surface area contributed by atoms with Crippen molar-refractivity contribution in [2.75, 3.05) is 6.54 Å². The average Bonchev–Trinajstić information content (AvgIpc) is 3.56. The van der Waals surface area contributed by atoms with Crippen LogP contribution in [0.3, 0.4) is 0 Å². The summed E-state index contributed by atoms with van der Waals surface area (Å²) in [6.07, 6.45) is 2.79. The number of benzene rings is 1. The van der Waals surface area contributed by atoms with Crippen LogP contribution in [0.5, 0.6) is 0 Å². The third-order valence-electron chi connectivity index (χ3n) is 6.19. The van der Waals surface area contributed by atoms with Crippen LogP contribution in [0.25, 0.3) is 0 Å². The van der Waals surface area contributed by atoms with E-state index in [1.165, 1.54) is 11.2 Å². The van der Waals surface area contributed by atoms with Gasteiger partial charge in [-0.3, -0.25) is 14.4 Å². The lowest BCUT2D eigenvalue weighted by molar-refractivity contribution is -0.141. The highest BCUT2D eigenvalue weighted by Crippen LogP contribution is 2.21. The quantitative estimate of drug-likeness (QED) is 0.482. The highest BCUT2D eigenvalue weighted by atomic mass is 16.5. The third kappa shape index (κ3) is 6.71. The van der Waals surface area contributed by atoms with E-state index in [4.69, 9.17) is 9.15 Å². The summed E-state index contributed by atoms with van der Waals surface area (Å²) in [4.78, 5) is 57.3. The lowest BCUT2D eigenvalue weighted by atomic mass is 9.97. The van der Waals surface area contributed by atoms with Crippen LogP contribution in [0.1, 0.15) is 56.6 Å². The smallest absolute Gasteiger partial charge is 0.408 e. The zero-order chi connectivity index (χ0) is 26.2. The molecule has 194 valence electrons. The predicted octanol–water partition coefficient (Wildman–Crippen LogP) is 2.94. The number of alkyl carbamates (subject to hydrolysis) is 1. The SMILES string of the molecule is CC(C)[C@H](NC(=O)[C@@H]1CCCN1C(=O)[C@@H](NC(=O)OCc1ccccc1)C(C)C)C(=O)c1cocn1. The van der Waals surface area contributed by atoms with Crippen molar-refractivity contribution >= 4 is 23.7 Å². The topological polar surface area (TPSA) is 131 Å². The van der Waals surface area contributed by atoms with Gasteiger partial charge in [0.15, 0.2) is 6.39 Å². The Balaban J connectivity index is 1.65. The summed E-state index contributed by atoms with van der Waals surface area (Å²) in [5.74, 6) is -1.56. The fraction of sp³-hybridized carbons (Fsp3) is 0.500. The van der Waals surface area contributed by atoms with Crippen LogP contribution in [0.4, 0.5) is 4.79 Å². The van der Waals surface area contributed by atoms with Crippen molar-refractivity contribution in [1.82, 2.24) is 20.5 Å². The van der Waals surface area contributed by atoms with E-state index in [1.807, 2.05) is 58.0 Å². The summed E-state index contributed by atoms with van der Waals surface area (Å²) in [6.45, 7) is 7.73. The number of likely N-dealkylation sites (tertiary alicyclic amines) is 1. The standard InChI is InChI=1S/C26H34N4O6/c1-16(2)21(23(31)19-14-35-15-27-19)28-24(32)20-11-8-12-30(20)25(33)22(17(3)4)29-26(34)36-13-18-9-6-5-7-10-18/h5-7,9-10,14-17,20-22H,8,11-13H2,1-4H3,(H,28,32)(H,29,34)/t20-,21-,22-/m0/s1. The number of amides is 3. The number of hydrogen-bond donors (Lipinski definition) is 2. The van der Waals surface area contributed by atoms with Gasteiger partial charge in [-0.1, -0.05) is 58.0 Å². The number of hydrogen-bond acceptors (Lipinski definition) is 7. The molecule has 1 aromatic heterocycles. The molecule has 0 bridgehead atoms. The zero-order valence-electron chi connectivity index (χ0n) is 21.1. The molecule has 1 saturated heterocycles. The zero-order valence-corrected chi connectivity index (χ0v) is 21.1. The normalized spacial score (nSPS) is 17.1. The van der Waals surface area contributed by atoms with Gasteiger partial charge in [0.2, 0.25) is 17.6 Å². The maximum Gasteiger partial charge on any atom is 0.408 e. The maximum atomic E-state index is 13.4. The predicted molar refractivity (Wildman–Crippen MR) is 131 cm³/mol. The summed E-state index contributed by atoms with van der Waals surface area (Å²) < 4.78 is 10.2.